The molecule has 11 aromatic rings. The predicted molar refractivity (Wildman–Crippen MR) is 251 cm³/mol. The summed E-state index contributed by atoms with van der Waals surface area (Å²) in [6.07, 6.45) is 0. The van der Waals surface area contributed by atoms with E-state index in [1.54, 1.807) is 0 Å². The van der Waals surface area contributed by atoms with Crippen LogP contribution in [0.4, 0.5) is 0 Å². The van der Waals surface area contributed by atoms with Crippen molar-refractivity contribution in [2.75, 3.05) is 0 Å². The van der Waals surface area contributed by atoms with Crippen molar-refractivity contribution < 1.29 is 0 Å². The van der Waals surface area contributed by atoms with Crippen LogP contribution < -0.4 is 0 Å². The topological polar surface area (TPSA) is 38.7 Å². The van der Waals surface area contributed by atoms with E-state index in [9.17, 15) is 0 Å². The van der Waals surface area contributed by atoms with Crippen LogP contribution in [0, 0.1) is 13.8 Å². The Morgan fingerprint density at radius 1 is 0.283 bits per heavy atom. The van der Waals surface area contributed by atoms with Gasteiger partial charge in [0.15, 0.2) is 5.82 Å². The molecule has 0 N–H and O–H groups in total. The number of benzene rings is 9. The predicted octanol–water partition coefficient (Wildman–Crippen LogP) is 15.1. The fourth-order valence-corrected chi connectivity index (χ4v) is 8.88. The van der Waals surface area contributed by atoms with E-state index in [1.807, 2.05) is 26.0 Å². The van der Waals surface area contributed by atoms with Gasteiger partial charge in [0, 0.05) is 28.1 Å². The number of aryl methyl sites for hydroxylation is 2. The van der Waals surface area contributed by atoms with Crippen LogP contribution in [0.3, 0.4) is 0 Å². The monoisotopic (exact) mass is 765 g/mol. The molecule has 0 radical (unpaired) electrons. The molecule has 0 atom stereocenters. The fourth-order valence-electron chi connectivity index (χ4n) is 8.88. The molecule has 0 aliphatic carbocycles. The van der Waals surface area contributed by atoms with Crippen LogP contribution in [0.2, 0.25) is 0 Å². The van der Waals surface area contributed by atoms with Crippen molar-refractivity contribution in [3.05, 3.63) is 212 Å². The zero-order valence-corrected chi connectivity index (χ0v) is 33.4. The smallest absolute Gasteiger partial charge is 0.160 e. The lowest BCUT2D eigenvalue weighted by Crippen LogP contribution is -1.97. The van der Waals surface area contributed by atoms with Crippen LogP contribution in [-0.2, 0) is 0 Å². The summed E-state index contributed by atoms with van der Waals surface area (Å²) in [5.41, 5.74) is 16.2. The molecule has 0 amide bonds. The molecule has 0 saturated heterocycles. The first-order chi connectivity index (χ1) is 29.5. The Morgan fingerprint density at radius 3 is 1.33 bits per heavy atom. The van der Waals surface area contributed by atoms with Gasteiger partial charge in [-0.15, -0.1) is 0 Å². The molecule has 0 spiro atoms. The second-order valence-electron chi connectivity index (χ2n) is 15.8. The van der Waals surface area contributed by atoms with Gasteiger partial charge in [-0.3, -0.25) is 4.98 Å². The molecule has 0 aliphatic heterocycles. The Labute approximate surface area is 349 Å². The standard InChI is InChI=1S/C57H39N3/c1-36-29-47(30-37(2)58-36)40-23-19-38(20-24-40)39-21-25-41(26-22-39)48-31-49(52-34-46-17-9-15-44-27-28-45-16-10-18-51(52)56(45)55(44)46)33-50(32-48)57-59-53(42-11-5-3-6-12-42)35-54(60-57)43-13-7-4-8-14-43/h3-35H,1-2H3. The summed E-state index contributed by atoms with van der Waals surface area (Å²) in [6.45, 7) is 4.10. The number of aromatic nitrogens is 3. The van der Waals surface area contributed by atoms with Gasteiger partial charge < -0.3 is 0 Å². The molecule has 282 valence electrons. The molecule has 0 saturated carbocycles. The summed E-state index contributed by atoms with van der Waals surface area (Å²) < 4.78 is 0. The minimum absolute atomic E-state index is 0.687. The van der Waals surface area contributed by atoms with Crippen LogP contribution >= 0.6 is 0 Å². The van der Waals surface area contributed by atoms with E-state index < -0.39 is 0 Å². The maximum atomic E-state index is 5.28. The molecular weight excluding hydrogens is 727 g/mol. The van der Waals surface area contributed by atoms with Gasteiger partial charge in [0.2, 0.25) is 0 Å². The number of hydrogen-bond acceptors (Lipinski definition) is 3. The first kappa shape index (κ1) is 35.4. The van der Waals surface area contributed by atoms with Gasteiger partial charge in [-0.2, -0.15) is 0 Å². The molecule has 9 aromatic carbocycles. The lowest BCUT2D eigenvalue weighted by Gasteiger charge is -2.17. The third-order valence-electron chi connectivity index (χ3n) is 11.7. The molecule has 60 heavy (non-hydrogen) atoms. The van der Waals surface area contributed by atoms with Crippen LogP contribution in [0.25, 0.3) is 111 Å². The maximum absolute atomic E-state index is 5.28. The van der Waals surface area contributed by atoms with Crippen molar-refractivity contribution in [2.24, 2.45) is 0 Å². The summed E-state index contributed by atoms with van der Waals surface area (Å²) in [5, 5.41) is 7.58. The Bertz CT molecular complexity index is 3270. The van der Waals surface area contributed by atoms with E-state index in [0.717, 1.165) is 56.2 Å². The van der Waals surface area contributed by atoms with Gasteiger partial charge in [0.1, 0.15) is 0 Å². The lowest BCUT2D eigenvalue weighted by molar-refractivity contribution is 1.12. The molecule has 2 aromatic heterocycles. The first-order valence-electron chi connectivity index (χ1n) is 20.5. The van der Waals surface area contributed by atoms with Gasteiger partial charge >= 0.3 is 0 Å². The highest BCUT2D eigenvalue weighted by molar-refractivity contribution is 6.26. The Hall–Kier alpha value is -7.75. The van der Waals surface area contributed by atoms with Gasteiger partial charge in [-0.25, -0.2) is 9.97 Å². The summed E-state index contributed by atoms with van der Waals surface area (Å²) in [7, 11) is 0. The summed E-state index contributed by atoms with van der Waals surface area (Å²) in [6, 6.07) is 72.0. The van der Waals surface area contributed by atoms with Crippen LogP contribution in [0.1, 0.15) is 11.4 Å². The third-order valence-corrected chi connectivity index (χ3v) is 11.7. The highest BCUT2D eigenvalue weighted by Crippen LogP contribution is 2.42. The van der Waals surface area contributed by atoms with Gasteiger partial charge in [-0.05, 0) is 133 Å². The van der Waals surface area contributed by atoms with Crippen molar-refractivity contribution in [1.82, 2.24) is 15.0 Å². The molecular formula is C57H39N3. The summed E-state index contributed by atoms with van der Waals surface area (Å²) in [5.74, 6) is 0.687. The van der Waals surface area contributed by atoms with Crippen molar-refractivity contribution in [1.29, 1.82) is 0 Å². The molecule has 0 bridgehead atoms. The van der Waals surface area contributed by atoms with E-state index in [4.69, 9.17) is 9.97 Å². The highest BCUT2D eigenvalue weighted by atomic mass is 14.9. The quantitative estimate of drug-likeness (QED) is 0.152. The van der Waals surface area contributed by atoms with E-state index in [-0.39, 0.29) is 0 Å². The van der Waals surface area contributed by atoms with E-state index in [2.05, 4.69) is 193 Å². The summed E-state index contributed by atoms with van der Waals surface area (Å²) in [4.78, 5) is 15.1. The second-order valence-corrected chi connectivity index (χ2v) is 15.8. The van der Waals surface area contributed by atoms with E-state index in [1.165, 1.54) is 60.1 Å². The first-order valence-corrected chi connectivity index (χ1v) is 20.5. The van der Waals surface area contributed by atoms with Crippen LogP contribution in [-0.4, -0.2) is 15.0 Å². The Balaban J connectivity index is 1.08. The molecule has 11 rings (SSSR count). The van der Waals surface area contributed by atoms with Crippen molar-refractivity contribution >= 4 is 32.3 Å². The van der Waals surface area contributed by atoms with Crippen LogP contribution in [0.15, 0.2) is 200 Å². The van der Waals surface area contributed by atoms with E-state index >= 15 is 0 Å². The lowest BCUT2D eigenvalue weighted by atomic mass is 9.87. The third kappa shape index (κ3) is 6.47. The normalized spacial score (nSPS) is 11.5. The van der Waals surface area contributed by atoms with E-state index in [0.29, 0.717) is 5.82 Å². The van der Waals surface area contributed by atoms with Crippen LogP contribution in [0.5, 0.6) is 0 Å². The largest absolute Gasteiger partial charge is 0.258 e. The molecule has 0 fully saturated rings. The minimum Gasteiger partial charge on any atom is -0.258 e. The van der Waals surface area contributed by atoms with Gasteiger partial charge in [0.05, 0.1) is 11.4 Å². The highest BCUT2D eigenvalue weighted by Gasteiger charge is 2.17. The molecule has 0 unspecified atom stereocenters. The summed E-state index contributed by atoms with van der Waals surface area (Å²) >= 11 is 0. The van der Waals surface area contributed by atoms with Crippen molar-refractivity contribution in [2.45, 2.75) is 13.8 Å². The minimum atomic E-state index is 0.687. The Morgan fingerprint density at radius 2 is 0.750 bits per heavy atom. The zero-order valence-electron chi connectivity index (χ0n) is 33.4. The SMILES string of the molecule is Cc1cc(-c2ccc(-c3ccc(-c4cc(-c5nc(-c6ccccc6)cc(-c6ccccc6)n5)cc(-c5cc6cccc7ccc8cccc5c8c76)c4)cc3)cc2)cc(C)n1. The molecule has 0 aliphatic rings. The second kappa shape index (κ2) is 14.6. The van der Waals surface area contributed by atoms with Gasteiger partial charge in [0.25, 0.3) is 0 Å². The molecule has 3 heteroatoms. The fraction of sp³-hybridized carbons (Fsp3) is 0.0351. The average Bonchev–Trinajstić information content (AvgIpc) is 3.31. The number of rotatable bonds is 7. The van der Waals surface area contributed by atoms with Crippen molar-refractivity contribution in [3.63, 3.8) is 0 Å². The molecule has 3 nitrogen and oxygen atoms in total. The molecule has 2 heterocycles. The average molecular weight is 766 g/mol. The number of pyridine rings is 1. The van der Waals surface area contributed by atoms with Gasteiger partial charge in [-0.1, -0.05) is 158 Å². The zero-order chi connectivity index (χ0) is 40.2. The van der Waals surface area contributed by atoms with Crippen molar-refractivity contribution in [3.8, 4) is 78.4 Å². The Kier molecular flexibility index (Phi) is 8.60. The number of nitrogens with zero attached hydrogens (tertiary/aromatic N) is 3. The number of hydrogen-bond donors (Lipinski definition) is 0. The maximum Gasteiger partial charge on any atom is 0.160 e.